The Bertz CT molecular complexity index is 394. The SMILES string of the molecule is CCCCCCCCCCCCCCCCCC/C(=C/C(=O)O)C(=O)O.[H+]. The molecule has 0 rings (SSSR count). The van der Waals surface area contributed by atoms with Crippen molar-refractivity contribution >= 4 is 11.9 Å². The van der Waals surface area contributed by atoms with Gasteiger partial charge in [-0.3, -0.25) is 0 Å². The Morgan fingerprint density at radius 3 is 1.31 bits per heavy atom. The number of rotatable bonds is 19. The van der Waals surface area contributed by atoms with E-state index >= 15 is 0 Å². The molecule has 0 amide bonds. The fraction of sp³-hybridized carbons (Fsp3) is 0.818. The fourth-order valence-electron chi connectivity index (χ4n) is 3.25. The lowest BCUT2D eigenvalue weighted by atomic mass is 10.0. The zero-order valence-electron chi connectivity index (χ0n) is 17.8. The highest BCUT2D eigenvalue weighted by atomic mass is 16.4. The molecule has 0 saturated carbocycles. The number of hydrogen-bond acceptors (Lipinski definition) is 2. The molecular weight excluding hydrogens is 328 g/mol. The molecule has 0 atom stereocenters. The van der Waals surface area contributed by atoms with Crippen molar-refractivity contribution in [1.29, 1.82) is 0 Å². The summed E-state index contributed by atoms with van der Waals surface area (Å²) >= 11 is 0. The van der Waals surface area contributed by atoms with Gasteiger partial charge in [0.25, 0.3) is 0 Å². The second-order valence-electron chi connectivity index (χ2n) is 7.37. The molecule has 4 heteroatoms. The first-order valence-corrected chi connectivity index (χ1v) is 10.7. The van der Waals surface area contributed by atoms with Gasteiger partial charge >= 0.3 is 13.4 Å². The van der Waals surface area contributed by atoms with E-state index in [-0.39, 0.29) is 7.00 Å². The highest BCUT2D eigenvalue weighted by molar-refractivity contribution is 5.94. The van der Waals surface area contributed by atoms with E-state index in [4.69, 9.17) is 10.2 Å². The maximum absolute atomic E-state index is 10.9. The Morgan fingerprint density at radius 1 is 0.654 bits per heavy atom. The van der Waals surface area contributed by atoms with Crippen molar-refractivity contribution in [3.8, 4) is 0 Å². The largest absolute Gasteiger partial charge is 1.00 e. The van der Waals surface area contributed by atoms with Crippen molar-refractivity contribution in [2.45, 2.75) is 116 Å². The monoisotopic (exact) mass is 369 g/mol. The first-order valence-electron chi connectivity index (χ1n) is 10.7. The van der Waals surface area contributed by atoms with Crippen LogP contribution in [0.4, 0.5) is 0 Å². The summed E-state index contributed by atoms with van der Waals surface area (Å²) in [7, 11) is 0. The van der Waals surface area contributed by atoms with E-state index in [1.165, 1.54) is 83.5 Å². The summed E-state index contributed by atoms with van der Waals surface area (Å²) < 4.78 is 0. The van der Waals surface area contributed by atoms with Gasteiger partial charge in [-0.05, 0) is 12.8 Å². The Labute approximate surface area is 161 Å². The van der Waals surface area contributed by atoms with E-state index in [2.05, 4.69) is 6.92 Å². The summed E-state index contributed by atoms with van der Waals surface area (Å²) in [5, 5.41) is 17.5. The molecule has 2 N–H and O–H groups in total. The molecule has 0 bridgehead atoms. The van der Waals surface area contributed by atoms with Crippen molar-refractivity contribution in [2.24, 2.45) is 0 Å². The number of aliphatic carboxylic acids is 2. The van der Waals surface area contributed by atoms with E-state index < -0.39 is 11.9 Å². The minimum absolute atomic E-state index is 0. The van der Waals surface area contributed by atoms with Gasteiger partial charge in [0.15, 0.2) is 0 Å². The van der Waals surface area contributed by atoms with Gasteiger partial charge in [-0.1, -0.05) is 103 Å². The summed E-state index contributed by atoms with van der Waals surface area (Å²) in [6.07, 6.45) is 21.6. The van der Waals surface area contributed by atoms with Gasteiger partial charge < -0.3 is 10.2 Å². The number of carboxylic acid groups (broad SMARTS) is 2. The van der Waals surface area contributed by atoms with Gasteiger partial charge in [-0.2, -0.15) is 0 Å². The van der Waals surface area contributed by atoms with Gasteiger partial charge in [0.1, 0.15) is 0 Å². The molecule has 0 heterocycles. The Balaban J connectivity index is 0. The lowest BCUT2D eigenvalue weighted by Crippen LogP contribution is -2.04. The fourth-order valence-corrected chi connectivity index (χ4v) is 3.25. The molecular formula is C22H41O4+. The average molecular weight is 370 g/mol. The third-order valence-electron chi connectivity index (χ3n) is 4.87. The summed E-state index contributed by atoms with van der Waals surface area (Å²) in [6, 6.07) is 0. The van der Waals surface area contributed by atoms with E-state index in [0.717, 1.165) is 25.3 Å². The number of hydrogen-bond donors (Lipinski definition) is 2. The quantitative estimate of drug-likeness (QED) is 0.193. The van der Waals surface area contributed by atoms with Crippen molar-refractivity contribution in [1.82, 2.24) is 0 Å². The van der Waals surface area contributed by atoms with Crippen molar-refractivity contribution in [3.05, 3.63) is 11.6 Å². The zero-order valence-corrected chi connectivity index (χ0v) is 16.8. The number of carbonyl (C=O) groups is 2. The second-order valence-corrected chi connectivity index (χ2v) is 7.37. The molecule has 0 aromatic rings. The third kappa shape index (κ3) is 17.5. The lowest BCUT2D eigenvalue weighted by molar-refractivity contribution is -0.135. The van der Waals surface area contributed by atoms with Crippen LogP contribution in [0.3, 0.4) is 0 Å². The second kappa shape index (κ2) is 18.5. The molecule has 0 aromatic carbocycles. The van der Waals surface area contributed by atoms with Crippen LogP contribution in [0.2, 0.25) is 0 Å². The van der Waals surface area contributed by atoms with E-state index in [1.807, 2.05) is 0 Å². The first kappa shape index (κ1) is 24.7. The molecule has 0 fully saturated rings. The van der Waals surface area contributed by atoms with Gasteiger partial charge in [-0.15, -0.1) is 0 Å². The molecule has 0 aromatic heterocycles. The maximum atomic E-state index is 10.9. The molecule has 0 unspecified atom stereocenters. The highest BCUT2D eigenvalue weighted by Gasteiger charge is 2.08. The summed E-state index contributed by atoms with van der Waals surface area (Å²) in [5.74, 6) is -2.30. The summed E-state index contributed by atoms with van der Waals surface area (Å²) in [5.41, 5.74) is 0.00265. The van der Waals surface area contributed by atoms with Gasteiger partial charge in [0, 0.05) is 11.6 Å². The molecule has 26 heavy (non-hydrogen) atoms. The average Bonchev–Trinajstić information content (AvgIpc) is 2.59. The lowest BCUT2D eigenvalue weighted by Gasteiger charge is -2.04. The zero-order chi connectivity index (χ0) is 19.5. The molecule has 152 valence electrons. The topological polar surface area (TPSA) is 74.6 Å². The van der Waals surface area contributed by atoms with Gasteiger partial charge in [0.2, 0.25) is 0 Å². The maximum Gasteiger partial charge on any atom is 1.00 e. The number of unbranched alkanes of at least 4 members (excludes halogenated alkanes) is 15. The van der Waals surface area contributed by atoms with Crippen molar-refractivity contribution in [3.63, 3.8) is 0 Å². The summed E-state index contributed by atoms with van der Waals surface area (Å²) in [4.78, 5) is 21.4. The van der Waals surface area contributed by atoms with Crippen molar-refractivity contribution in [2.75, 3.05) is 0 Å². The van der Waals surface area contributed by atoms with Crippen LogP contribution in [0, 0.1) is 0 Å². The first-order chi connectivity index (χ1) is 12.6. The molecule has 0 spiro atoms. The van der Waals surface area contributed by atoms with E-state index in [1.54, 1.807) is 0 Å². The van der Waals surface area contributed by atoms with Crippen LogP contribution in [0.25, 0.3) is 0 Å². The molecule has 0 radical (unpaired) electrons. The van der Waals surface area contributed by atoms with Gasteiger partial charge in [-0.25, -0.2) is 9.59 Å². The van der Waals surface area contributed by atoms with Crippen LogP contribution in [0.1, 0.15) is 118 Å². The normalized spacial score (nSPS) is 11.7. The Kier molecular flexibility index (Phi) is 17.5. The smallest absolute Gasteiger partial charge is 0.478 e. The minimum atomic E-state index is -1.18. The van der Waals surface area contributed by atoms with Crippen LogP contribution < -0.4 is 0 Å². The standard InChI is InChI=1S/C22H40O4/c1-2-3-4-5-6-7-8-9-10-11-12-13-14-15-16-17-18-20(22(25)26)19-21(23)24/h19H,2-18H2,1H3,(H,23,24)(H,25,26)/p+1/b20-19-. The van der Waals surface area contributed by atoms with E-state index in [9.17, 15) is 9.59 Å². The molecule has 0 saturated heterocycles. The predicted molar refractivity (Wildman–Crippen MR) is 109 cm³/mol. The Hall–Kier alpha value is -1.32. The van der Waals surface area contributed by atoms with E-state index in [0.29, 0.717) is 6.42 Å². The molecule has 0 aliphatic rings. The third-order valence-corrected chi connectivity index (χ3v) is 4.87. The van der Waals surface area contributed by atoms with Crippen LogP contribution in [-0.2, 0) is 9.59 Å². The van der Waals surface area contributed by atoms with Crippen LogP contribution in [0.5, 0.6) is 0 Å². The number of carboxylic acids is 2. The molecule has 4 nitrogen and oxygen atoms in total. The van der Waals surface area contributed by atoms with Gasteiger partial charge in [0.05, 0.1) is 0 Å². The van der Waals surface area contributed by atoms with Crippen LogP contribution in [-0.4, -0.2) is 22.2 Å². The van der Waals surface area contributed by atoms with Crippen LogP contribution >= 0.6 is 0 Å². The summed E-state index contributed by atoms with van der Waals surface area (Å²) in [6.45, 7) is 2.26. The predicted octanol–water partition coefficient (Wildman–Crippen LogP) is 6.85. The molecule has 0 aliphatic carbocycles. The Morgan fingerprint density at radius 2 is 1.00 bits per heavy atom. The van der Waals surface area contributed by atoms with Crippen molar-refractivity contribution < 1.29 is 21.2 Å². The highest BCUT2D eigenvalue weighted by Crippen LogP contribution is 2.15. The minimum Gasteiger partial charge on any atom is -0.478 e. The van der Waals surface area contributed by atoms with Crippen LogP contribution in [0.15, 0.2) is 11.6 Å². The molecule has 0 aliphatic heterocycles.